The van der Waals surface area contributed by atoms with Crippen LogP contribution < -0.4 is 15.0 Å². The molecule has 27 heavy (non-hydrogen) atoms. The fraction of sp³-hybridized carbons (Fsp3) is 0.381. The molecule has 0 radical (unpaired) electrons. The number of carbonyl (C=O) groups excluding carboxylic acids is 1. The number of carbonyl (C=O) groups is 1. The number of aryl methyl sites for hydroxylation is 1. The van der Waals surface area contributed by atoms with E-state index in [4.69, 9.17) is 4.74 Å². The highest BCUT2D eigenvalue weighted by atomic mass is 16.5. The topological polar surface area (TPSA) is 65.0 Å². The number of rotatable bonds is 4. The Balaban J connectivity index is 1.50. The van der Waals surface area contributed by atoms with Gasteiger partial charge in [0.25, 0.3) is 0 Å². The van der Waals surface area contributed by atoms with Crippen molar-refractivity contribution >= 4 is 11.7 Å². The second-order valence-corrected chi connectivity index (χ2v) is 6.90. The summed E-state index contributed by atoms with van der Waals surface area (Å²) in [4.78, 5) is 16.6. The Labute approximate surface area is 160 Å². The van der Waals surface area contributed by atoms with Crippen molar-refractivity contribution in [3.05, 3.63) is 53.6 Å². The third-order valence-electron chi connectivity index (χ3n) is 4.96. The number of phenols is 1. The molecule has 0 saturated carbocycles. The molecule has 0 aliphatic carbocycles. The van der Waals surface area contributed by atoms with Gasteiger partial charge in [-0.05, 0) is 62.2 Å². The molecule has 1 aliphatic heterocycles. The number of nitrogens with one attached hydrogen (secondary N) is 1. The first-order chi connectivity index (χ1) is 12.9. The van der Waals surface area contributed by atoms with E-state index in [1.54, 1.807) is 31.2 Å². The van der Waals surface area contributed by atoms with Crippen LogP contribution in [0.15, 0.2) is 42.5 Å². The predicted molar refractivity (Wildman–Crippen MR) is 106 cm³/mol. The van der Waals surface area contributed by atoms with E-state index in [0.29, 0.717) is 18.8 Å². The number of amides is 2. The Bertz CT molecular complexity index is 784. The van der Waals surface area contributed by atoms with Gasteiger partial charge in [0.05, 0.1) is 0 Å². The minimum absolute atomic E-state index is 0.123. The lowest BCUT2D eigenvalue weighted by molar-refractivity contribution is 0.151. The van der Waals surface area contributed by atoms with Crippen molar-refractivity contribution in [2.75, 3.05) is 31.1 Å². The van der Waals surface area contributed by atoms with E-state index in [9.17, 15) is 9.90 Å². The summed E-state index contributed by atoms with van der Waals surface area (Å²) >= 11 is 0. The van der Waals surface area contributed by atoms with E-state index in [1.165, 1.54) is 16.8 Å². The van der Waals surface area contributed by atoms with Crippen molar-refractivity contribution in [2.45, 2.75) is 27.0 Å². The summed E-state index contributed by atoms with van der Waals surface area (Å²) in [6.07, 6.45) is -0.459. The number of urea groups is 1. The van der Waals surface area contributed by atoms with Crippen LogP contribution in [0.25, 0.3) is 0 Å². The van der Waals surface area contributed by atoms with Crippen LogP contribution in [0.2, 0.25) is 0 Å². The van der Waals surface area contributed by atoms with E-state index in [1.807, 2.05) is 4.90 Å². The zero-order valence-corrected chi connectivity index (χ0v) is 16.1. The van der Waals surface area contributed by atoms with E-state index >= 15 is 0 Å². The largest absolute Gasteiger partial charge is 0.508 e. The summed E-state index contributed by atoms with van der Waals surface area (Å²) in [5.41, 5.74) is 3.83. The van der Waals surface area contributed by atoms with Gasteiger partial charge in [0.2, 0.25) is 0 Å². The highest BCUT2D eigenvalue weighted by Gasteiger charge is 2.23. The maximum Gasteiger partial charge on any atom is 0.320 e. The van der Waals surface area contributed by atoms with E-state index < -0.39 is 6.23 Å². The van der Waals surface area contributed by atoms with Crippen LogP contribution in [0.4, 0.5) is 10.5 Å². The third kappa shape index (κ3) is 4.64. The number of aromatic hydroxyl groups is 1. The molecule has 1 unspecified atom stereocenters. The molecule has 1 aliphatic rings. The number of hydrogen-bond donors (Lipinski definition) is 2. The first-order valence-corrected chi connectivity index (χ1v) is 9.26. The summed E-state index contributed by atoms with van der Waals surface area (Å²) in [6, 6.07) is 12.7. The van der Waals surface area contributed by atoms with Crippen LogP contribution in [-0.2, 0) is 0 Å². The molecule has 0 bridgehead atoms. The Morgan fingerprint density at radius 1 is 1.07 bits per heavy atom. The summed E-state index contributed by atoms with van der Waals surface area (Å²) in [5.74, 6) is 0.779. The lowest BCUT2D eigenvalue weighted by atomic mass is 10.1. The Morgan fingerprint density at radius 3 is 2.41 bits per heavy atom. The Kier molecular flexibility index (Phi) is 5.74. The maximum absolute atomic E-state index is 12.5. The fourth-order valence-corrected chi connectivity index (χ4v) is 3.25. The lowest BCUT2D eigenvalue weighted by Crippen LogP contribution is -2.54. The van der Waals surface area contributed by atoms with Gasteiger partial charge in [-0.1, -0.05) is 12.1 Å². The van der Waals surface area contributed by atoms with Crippen LogP contribution in [0.3, 0.4) is 0 Å². The van der Waals surface area contributed by atoms with E-state index in [-0.39, 0.29) is 11.8 Å². The van der Waals surface area contributed by atoms with Gasteiger partial charge in [0.15, 0.2) is 6.23 Å². The van der Waals surface area contributed by atoms with Gasteiger partial charge in [-0.2, -0.15) is 0 Å². The molecule has 0 aromatic heterocycles. The first-order valence-electron chi connectivity index (χ1n) is 9.26. The number of piperazine rings is 1. The van der Waals surface area contributed by atoms with E-state index in [0.717, 1.165) is 13.1 Å². The maximum atomic E-state index is 12.5. The van der Waals surface area contributed by atoms with Crippen molar-refractivity contribution in [1.82, 2.24) is 10.2 Å². The summed E-state index contributed by atoms with van der Waals surface area (Å²) in [6.45, 7) is 9.02. The molecule has 2 amide bonds. The standard InChI is InChI=1S/C21H27N3O3/c1-15-5-4-6-20(16(15)2)23-11-13-24(14-12-23)21(26)22-17(3)27-19-9-7-18(25)8-10-19/h4-10,17,25H,11-14H2,1-3H3,(H,22,26). The van der Waals surface area contributed by atoms with Gasteiger partial charge in [-0.15, -0.1) is 0 Å². The first kappa shape index (κ1) is 18.9. The molecule has 1 saturated heterocycles. The minimum atomic E-state index is -0.459. The smallest absolute Gasteiger partial charge is 0.320 e. The summed E-state index contributed by atoms with van der Waals surface area (Å²) < 4.78 is 5.67. The van der Waals surface area contributed by atoms with Crippen LogP contribution in [0.5, 0.6) is 11.5 Å². The molecule has 2 aromatic rings. The fourth-order valence-electron chi connectivity index (χ4n) is 3.25. The molecule has 2 aromatic carbocycles. The van der Waals surface area contributed by atoms with Crippen molar-refractivity contribution in [2.24, 2.45) is 0 Å². The second-order valence-electron chi connectivity index (χ2n) is 6.90. The second kappa shape index (κ2) is 8.20. The Hall–Kier alpha value is -2.89. The number of ether oxygens (including phenoxy) is 1. The zero-order valence-electron chi connectivity index (χ0n) is 16.1. The van der Waals surface area contributed by atoms with Gasteiger partial charge in [0, 0.05) is 31.9 Å². The zero-order chi connectivity index (χ0) is 19.4. The van der Waals surface area contributed by atoms with Crippen molar-refractivity contribution in [3.8, 4) is 11.5 Å². The molecule has 144 valence electrons. The van der Waals surface area contributed by atoms with Crippen LogP contribution in [0.1, 0.15) is 18.1 Å². The average molecular weight is 369 g/mol. The number of anilines is 1. The van der Waals surface area contributed by atoms with Crippen LogP contribution in [0, 0.1) is 13.8 Å². The van der Waals surface area contributed by atoms with Gasteiger partial charge < -0.3 is 25.0 Å². The monoisotopic (exact) mass is 369 g/mol. The van der Waals surface area contributed by atoms with Crippen molar-refractivity contribution in [1.29, 1.82) is 0 Å². The molecule has 0 spiro atoms. The molecule has 1 fully saturated rings. The molecule has 2 N–H and O–H groups in total. The van der Waals surface area contributed by atoms with E-state index in [2.05, 4.69) is 42.3 Å². The third-order valence-corrected chi connectivity index (χ3v) is 4.96. The number of phenolic OH excluding ortho intramolecular Hbond substituents is 1. The molecular weight excluding hydrogens is 342 g/mol. The molecule has 6 nitrogen and oxygen atoms in total. The number of hydrogen-bond acceptors (Lipinski definition) is 4. The van der Waals surface area contributed by atoms with Gasteiger partial charge in [-0.25, -0.2) is 4.79 Å². The molecule has 1 heterocycles. The molecular formula is C21H27N3O3. The van der Waals surface area contributed by atoms with Crippen molar-refractivity contribution in [3.63, 3.8) is 0 Å². The summed E-state index contributed by atoms with van der Waals surface area (Å²) in [5, 5.41) is 12.2. The normalized spacial score (nSPS) is 15.4. The Morgan fingerprint density at radius 2 is 1.74 bits per heavy atom. The lowest BCUT2D eigenvalue weighted by Gasteiger charge is -2.37. The highest BCUT2D eigenvalue weighted by Crippen LogP contribution is 2.24. The van der Waals surface area contributed by atoms with Crippen molar-refractivity contribution < 1.29 is 14.6 Å². The molecule has 3 rings (SSSR count). The SMILES string of the molecule is Cc1cccc(N2CCN(C(=O)NC(C)Oc3ccc(O)cc3)CC2)c1C. The summed E-state index contributed by atoms with van der Waals surface area (Å²) in [7, 11) is 0. The van der Waals surface area contributed by atoms with Gasteiger partial charge >= 0.3 is 6.03 Å². The highest BCUT2D eigenvalue weighted by molar-refractivity contribution is 5.74. The quantitative estimate of drug-likeness (QED) is 0.812. The predicted octanol–water partition coefficient (Wildman–Crippen LogP) is 3.27. The van der Waals surface area contributed by atoms with Gasteiger partial charge in [0.1, 0.15) is 11.5 Å². The minimum Gasteiger partial charge on any atom is -0.508 e. The average Bonchev–Trinajstić information content (AvgIpc) is 2.66. The van der Waals surface area contributed by atoms with Crippen LogP contribution in [-0.4, -0.2) is 48.4 Å². The number of nitrogens with zero attached hydrogens (tertiary/aromatic N) is 2. The van der Waals surface area contributed by atoms with Crippen LogP contribution >= 0.6 is 0 Å². The molecule has 6 heteroatoms. The molecule has 1 atom stereocenters. The number of benzene rings is 2. The van der Waals surface area contributed by atoms with Gasteiger partial charge in [-0.3, -0.25) is 0 Å².